The molecule has 0 radical (unpaired) electrons. The molecular formula is C16H15FN2O2. The van der Waals surface area contributed by atoms with E-state index in [9.17, 15) is 9.18 Å². The molecule has 108 valence electrons. The third kappa shape index (κ3) is 2.97. The Balaban J connectivity index is 1.83. The first-order chi connectivity index (χ1) is 10.1. The van der Waals surface area contributed by atoms with Gasteiger partial charge in [0.1, 0.15) is 11.6 Å². The number of nitrogens with zero attached hydrogens (tertiary/aromatic N) is 1. The number of halogens is 1. The van der Waals surface area contributed by atoms with Gasteiger partial charge in [0.15, 0.2) is 6.73 Å². The lowest BCUT2D eigenvalue weighted by Gasteiger charge is -2.31. The van der Waals surface area contributed by atoms with Gasteiger partial charge in [0.05, 0.1) is 0 Å². The van der Waals surface area contributed by atoms with Crippen LogP contribution in [0.5, 0.6) is 5.75 Å². The summed E-state index contributed by atoms with van der Waals surface area (Å²) in [5, 5.41) is 2.75. The summed E-state index contributed by atoms with van der Waals surface area (Å²) in [7, 11) is 0. The van der Waals surface area contributed by atoms with Crippen LogP contribution in [-0.2, 0) is 11.3 Å². The maximum absolute atomic E-state index is 13.0. The summed E-state index contributed by atoms with van der Waals surface area (Å²) < 4.78 is 18.7. The predicted molar refractivity (Wildman–Crippen MR) is 78.8 cm³/mol. The van der Waals surface area contributed by atoms with Crippen LogP contribution in [0.3, 0.4) is 0 Å². The van der Waals surface area contributed by atoms with Crippen LogP contribution < -0.4 is 15.0 Å². The molecule has 1 N–H and O–H groups in total. The number of carbonyl (C=O) groups is 1. The van der Waals surface area contributed by atoms with Crippen molar-refractivity contribution in [1.29, 1.82) is 0 Å². The van der Waals surface area contributed by atoms with Crippen molar-refractivity contribution >= 4 is 17.3 Å². The number of fused-ring (bicyclic) bond motifs is 1. The Bertz CT molecular complexity index is 670. The highest BCUT2D eigenvalue weighted by molar-refractivity contribution is 5.88. The van der Waals surface area contributed by atoms with E-state index in [1.165, 1.54) is 19.1 Å². The molecule has 5 heteroatoms. The summed E-state index contributed by atoms with van der Waals surface area (Å²) in [4.78, 5) is 13.1. The van der Waals surface area contributed by atoms with Gasteiger partial charge in [-0.15, -0.1) is 0 Å². The summed E-state index contributed by atoms with van der Waals surface area (Å²) in [5.41, 5.74) is 2.62. The zero-order valence-corrected chi connectivity index (χ0v) is 11.6. The monoisotopic (exact) mass is 286 g/mol. The number of amides is 1. The molecule has 1 heterocycles. The Hall–Kier alpha value is -2.56. The van der Waals surface area contributed by atoms with Crippen molar-refractivity contribution < 1.29 is 13.9 Å². The van der Waals surface area contributed by atoms with Crippen molar-refractivity contribution in [3.63, 3.8) is 0 Å². The minimum Gasteiger partial charge on any atom is -0.473 e. The molecular weight excluding hydrogens is 271 g/mol. The normalized spacial score (nSPS) is 13.3. The van der Waals surface area contributed by atoms with E-state index in [1.807, 2.05) is 23.1 Å². The number of carbonyl (C=O) groups excluding carboxylic acids is 1. The lowest BCUT2D eigenvalue weighted by atomic mass is 10.1. The molecule has 1 aliphatic heterocycles. The molecule has 0 unspecified atom stereocenters. The highest BCUT2D eigenvalue weighted by Crippen LogP contribution is 2.30. The van der Waals surface area contributed by atoms with Gasteiger partial charge in [-0.2, -0.15) is 0 Å². The van der Waals surface area contributed by atoms with E-state index >= 15 is 0 Å². The maximum atomic E-state index is 13.0. The molecule has 4 nitrogen and oxygen atoms in total. The number of hydrogen-bond donors (Lipinski definition) is 1. The summed E-state index contributed by atoms with van der Waals surface area (Å²) >= 11 is 0. The van der Waals surface area contributed by atoms with Crippen molar-refractivity contribution in [1.82, 2.24) is 0 Å². The molecule has 3 rings (SSSR count). The lowest BCUT2D eigenvalue weighted by molar-refractivity contribution is -0.114. The van der Waals surface area contributed by atoms with Gasteiger partial charge in [0, 0.05) is 30.4 Å². The summed E-state index contributed by atoms with van der Waals surface area (Å²) in [6, 6.07) is 11.9. The van der Waals surface area contributed by atoms with Crippen molar-refractivity contribution in [2.45, 2.75) is 13.5 Å². The molecule has 0 spiro atoms. The quantitative estimate of drug-likeness (QED) is 0.922. The van der Waals surface area contributed by atoms with E-state index in [0.717, 1.165) is 22.7 Å². The maximum Gasteiger partial charge on any atom is 0.221 e. The largest absolute Gasteiger partial charge is 0.473 e. The number of benzene rings is 2. The molecule has 0 aromatic heterocycles. The van der Waals surface area contributed by atoms with E-state index in [2.05, 4.69) is 5.32 Å². The van der Waals surface area contributed by atoms with Crippen LogP contribution in [-0.4, -0.2) is 12.6 Å². The molecule has 0 aliphatic carbocycles. The van der Waals surface area contributed by atoms with E-state index in [0.29, 0.717) is 13.3 Å². The van der Waals surface area contributed by atoms with Crippen LogP contribution in [0.25, 0.3) is 0 Å². The predicted octanol–water partition coefficient (Wildman–Crippen LogP) is 3.14. The molecule has 1 amide bonds. The standard InChI is InChI=1S/C16H15FN2O2/c1-11(20)18-14-4-7-16-12(8-14)9-19(10-21-16)15-5-2-13(17)3-6-15/h2-8H,9-10H2,1H3,(H,18,20). The number of ether oxygens (including phenoxy) is 1. The average Bonchev–Trinajstić information content (AvgIpc) is 2.46. The van der Waals surface area contributed by atoms with Gasteiger partial charge in [-0.05, 0) is 42.5 Å². The average molecular weight is 286 g/mol. The van der Waals surface area contributed by atoms with Gasteiger partial charge in [0.2, 0.25) is 5.91 Å². The van der Waals surface area contributed by atoms with E-state index in [-0.39, 0.29) is 11.7 Å². The summed E-state index contributed by atoms with van der Waals surface area (Å²) in [6.45, 7) is 2.53. The second kappa shape index (κ2) is 5.44. The van der Waals surface area contributed by atoms with E-state index < -0.39 is 0 Å². The number of rotatable bonds is 2. The van der Waals surface area contributed by atoms with Crippen LogP contribution in [0.1, 0.15) is 12.5 Å². The van der Waals surface area contributed by atoms with Gasteiger partial charge in [-0.3, -0.25) is 4.79 Å². The minimum atomic E-state index is -0.259. The van der Waals surface area contributed by atoms with Gasteiger partial charge in [-0.25, -0.2) is 4.39 Å². The Labute approximate surface area is 122 Å². The Morgan fingerprint density at radius 3 is 2.71 bits per heavy atom. The molecule has 2 aromatic carbocycles. The number of nitrogens with one attached hydrogen (secondary N) is 1. The van der Waals surface area contributed by atoms with Crippen LogP contribution in [0.2, 0.25) is 0 Å². The fourth-order valence-corrected chi connectivity index (χ4v) is 2.34. The zero-order chi connectivity index (χ0) is 14.8. The highest BCUT2D eigenvalue weighted by atomic mass is 19.1. The van der Waals surface area contributed by atoms with Crippen LogP contribution >= 0.6 is 0 Å². The number of hydrogen-bond acceptors (Lipinski definition) is 3. The second-order valence-electron chi connectivity index (χ2n) is 4.95. The Kier molecular flexibility index (Phi) is 3.48. The van der Waals surface area contributed by atoms with Gasteiger partial charge in [0.25, 0.3) is 0 Å². The third-order valence-electron chi connectivity index (χ3n) is 3.31. The van der Waals surface area contributed by atoms with Crippen molar-refractivity contribution in [2.24, 2.45) is 0 Å². The number of anilines is 2. The lowest BCUT2D eigenvalue weighted by Crippen LogP contribution is -2.31. The van der Waals surface area contributed by atoms with Crippen LogP contribution in [0, 0.1) is 5.82 Å². The topological polar surface area (TPSA) is 41.6 Å². The van der Waals surface area contributed by atoms with Gasteiger partial charge in [-0.1, -0.05) is 0 Å². The molecule has 0 fully saturated rings. The zero-order valence-electron chi connectivity index (χ0n) is 11.6. The molecule has 0 bridgehead atoms. The molecule has 2 aromatic rings. The molecule has 21 heavy (non-hydrogen) atoms. The molecule has 0 saturated heterocycles. The molecule has 1 aliphatic rings. The van der Waals surface area contributed by atoms with E-state index in [1.54, 1.807) is 12.1 Å². The summed E-state index contributed by atoms with van der Waals surface area (Å²) in [6.07, 6.45) is 0. The second-order valence-corrected chi connectivity index (χ2v) is 4.95. The SMILES string of the molecule is CC(=O)Nc1ccc2c(c1)CN(c1ccc(F)cc1)CO2. The fourth-order valence-electron chi connectivity index (χ4n) is 2.34. The van der Waals surface area contributed by atoms with Crippen LogP contribution in [0.15, 0.2) is 42.5 Å². The minimum absolute atomic E-state index is 0.109. The van der Waals surface area contributed by atoms with Gasteiger partial charge < -0.3 is 15.0 Å². The first-order valence-corrected chi connectivity index (χ1v) is 6.65. The highest BCUT2D eigenvalue weighted by Gasteiger charge is 2.18. The Morgan fingerprint density at radius 1 is 1.24 bits per heavy atom. The Morgan fingerprint density at radius 2 is 2.00 bits per heavy atom. The van der Waals surface area contributed by atoms with Gasteiger partial charge >= 0.3 is 0 Å². The van der Waals surface area contributed by atoms with Crippen LogP contribution in [0.4, 0.5) is 15.8 Å². The molecule has 0 saturated carbocycles. The first-order valence-electron chi connectivity index (χ1n) is 6.65. The molecule has 0 atom stereocenters. The first kappa shape index (κ1) is 13.4. The van der Waals surface area contributed by atoms with Crippen molar-refractivity contribution in [2.75, 3.05) is 16.9 Å². The smallest absolute Gasteiger partial charge is 0.221 e. The van der Waals surface area contributed by atoms with Crippen molar-refractivity contribution in [3.05, 3.63) is 53.8 Å². The van der Waals surface area contributed by atoms with E-state index in [4.69, 9.17) is 4.74 Å². The van der Waals surface area contributed by atoms with Crippen molar-refractivity contribution in [3.8, 4) is 5.75 Å². The fraction of sp³-hybridized carbons (Fsp3) is 0.188. The summed E-state index contributed by atoms with van der Waals surface area (Å²) in [5.74, 6) is 0.439. The third-order valence-corrected chi connectivity index (χ3v) is 3.31.